The van der Waals surface area contributed by atoms with Gasteiger partial charge in [-0.25, -0.2) is 0 Å². The van der Waals surface area contributed by atoms with E-state index < -0.39 is 52.9 Å². The zero-order chi connectivity index (χ0) is 51.5. The fourth-order valence-corrected chi connectivity index (χ4v) is 8.89. The number of hydrogen-bond acceptors (Lipinski definition) is 20. The molecule has 0 aliphatic rings. The first-order valence-corrected chi connectivity index (χ1v) is 25.2. The molecule has 0 saturated heterocycles. The van der Waals surface area contributed by atoms with Gasteiger partial charge in [0.15, 0.2) is 0 Å². The number of fused-ring (bicyclic) bond motifs is 2. The molecule has 0 bridgehead atoms. The second-order valence-corrected chi connectivity index (χ2v) is 19.2. The summed E-state index contributed by atoms with van der Waals surface area (Å²) in [5, 5.41) is 49.3. The summed E-state index contributed by atoms with van der Waals surface area (Å²) < 4.78 is 83.2. The Hall–Kier alpha value is -5.16. The maximum Gasteiger partial charge on any atom is 1.00 e. The zero-order valence-electron chi connectivity index (χ0n) is 38.9. The van der Waals surface area contributed by atoms with Crippen molar-refractivity contribution in [2.45, 2.75) is 36.5 Å². The molecule has 6 aromatic carbocycles. The molecule has 0 radical (unpaired) electrons. The zero-order valence-corrected chi connectivity index (χ0v) is 47.5. The number of ether oxygens (including phenoxy) is 2. The van der Waals surface area contributed by atoms with Crippen molar-refractivity contribution in [3.05, 3.63) is 106 Å². The Morgan fingerprint density at radius 3 is 1.23 bits per heavy atom. The minimum absolute atomic E-state index is 0. The standard InChI is InChI=1S/C44H34Cl4N12O10S2.2Na/c1-3-13-69-31-17-21(5-11-29(31)57-59-35-33(71(63,64)65)19-23-15-25(7-9-27(23)37(35)61)49-43-53-39(45)51-40(46)54-43)22-6-12-30(32(18-22)70-14-4-2)58-60-36-34(72(66,67)68)20-24-16-26(8-10-28(24)38(36)62)50-44-55-41(47)52-42(48)56-44;;/h5-12,15-20,61-62H,3-4,13-14H2,1-2H3,(H,63,64,65)(H,66,67,68)(H,49,51,53,54)(H,50,52,55,56);;/q;2*+1/p-2. The molecule has 2 aromatic heterocycles. The molecular formula is C44H32Cl4N12Na2O10S2. The third kappa shape index (κ3) is 13.8. The Morgan fingerprint density at radius 1 is 0.527 bits per heavy atom. The number of benzene rings is 6. The largest absolute Gasteiger partial charge is 1.00 e. The molecule has 0 spiro atoms. The number of rotatable bonds is 17. The van der Waals surface area contributed by atoms with Gasteiger partial charge in [0.1, 0.15) is 32.7 Å². The van der Waals surface area contributed by atoms with Gasteiger partial charge in [-0.1, -0.05) is 49.6 Å². The number of aromatic nitrogens is 6. The van der Waals surface area contributed by atoms with Gasteiger partial charge >= 0.3 is 59.1 Å². The SMILES string of the molecule is CCCOc1cc(-c2ccc(N=Nc3c(S(=O)(=O)O)cc4cc(Nc5nc(Cl)nc(Cl)n5)ccc4c3[O-])c(OCCC)c2)ccc1N=Nc1c(S(=O)(=O)O)cc2cc(Nc3nc(Cl)nc(Cl)n3)ccc2c1[O-].[Na+].[Na+]. The Kier molecular flexibility index (Phi) is 19.4. The normalized spacial score (nSPS) is 11.7. The molecule has 0 amide bonds. The van der Waals surface area contributed by atoms with Crippen molar-refractivity contribution in [1.82, 2.24) is 29.9 Å². The molecule has 0 fully saturated rings. The Morgan fingerprint density at radius 2 is 0.892 bits per heavy atom. The quantitative estimate of drug-likeness (QED) is 0.0518. The monoisotopic (exact) mass is 1140 g/mol. The van der Waals surface area contributed by atoms with E-state index >= 15 is 0 Å². The van der Waals surface area contributed by atoms with E-state index in [0.29, 0.717) is 35.3 Å². The van der Waals surface area contributed by atoms with Crippen LogP contribution in [0.3, 0.4) is 0 Å². The van der Waals surface area contributed by atoms with Crippen LogP contribution in [0.4, 0.5) is 46.0 Å². The number of hydrogen-bond donors (Lipinski definition) is 4. The van der Waals surface area contributed by atoms with Crippen molar-refractivity contribution in [3.8, 4) is 34.1 Å². The maximum absolute atomic E-state index is 13.8. The van der Waals surface area contributed by atoms with Gasteiger partial charge in [0.25, 0.3) is 20.2 Å². The summed E-state index contributed by atoms with van der Waals surface area (Å²) in [5.74, 6) is -1.39. The van der Waals surface area contributed by atoms with Gasteiger partial charge in [-0.15, -0.1) is 20.5 Å². The van der Waals surface area contributed by atoms with E-state index in [9.17, 15) is 36.2 Å². The Bertz CT molecular complexity index is 3480. The van der Waals surface area contributed by atoms with Crippen LogP contribution in [-0.4, -0.2) is 69.1 Å². The number of azo groups is 2. The first kappa shape index (κ1) is 58.1. The van der Waals surface area contributed by atoms with Crippen LogP contribution in [0.1, 0.15) is 26.7 Å². The average molecular weight is 1140 g/mol. The van der Waals surface area contributed by atoms with Gasteiger partial charge in [0.05, 0.1) is 24.6 Å². The van der Waals surface area contributed by atoms with Crippen LogP contribution >= 0.6 is 46.4 Å². The van der Waals surface area contributed by atoms with Crippen LogP contribution in [0.5, 0.6) is 23.0 Å². The summed E-state index contributed by atoms with van der Waals surface area (Å²) >= 11 is 23.5. The predicted molar refractivity (Wildman–Crippen MR) is 264 cm³/mol. The molecule has 22 nitrogen and oxygen atoms in total. The summed E-state index contributed by atoms with van der Waals surface area (Å²) in [4.78, 5) is 21.4. The second-order valence-electron chi connectivity index (χ2n) is 15.0. The molecular weight excluding hydrogens is 1110 g/mol. The second kappa shape index (κ2) is 24.7. The summed E-state index contributed by atoms with van der Waals surface area (Å²) in [5.41, 5.74) is 0.608. The van der Waals surface area contributed by atoms with Crippen molar-refractivity contribution in [2.75, 3.05) is 23.8 Å². The summed E-state index contributed by atoms with van der Waals surface area (Å²) in [6.07, 6.45) is 1.16. The smallest absolute Gasteiger partial charge is 0.871 e. The van der Waals surface area contributed by atoms with Crippen LogP contribution in [0.25, 0.3) is 32.7 Å². The number of anilines is 4. The van der Waals surface area contributed by atoms with E-state index in [1.807, 2.05) is 13.8 Å². The van der Waals surface area contributed by atoms with Crippen molar-refractivity contribution in [3.63, 3.8) is 0 Å². The van der Waals surface area contributed by atoms with E-state index in [-0.39, 0.29) is 150 Å². The van der Waals surface area contributed by atoms with Crippen molar-refractivity contribution in [1.29, 1.82) is 0 Å². The summed E-state index contributed by atoms with van der Waals surface area (Å²) in [7, 11) is -10.1. The van der Waals surface area contributed by atoms with Gasteiger partial charge in [-0.3, -0.25) is 9.11 Å². The molecule has 0 saturated carbocycles. The number of halogens is 4. The minimum Gasteiger partial charge on any atom is -0.871 e. The van der Waals surface area contributed by atoms with Gasteiger partial charge in [-0.05, 0) is 153 Å². The van der Waals surface area contributed by atoms with Crippen LogP contribution in [0.2, 0.25) is 21.1 Å². The molecule has 4 N–H and O–H groups in total. The van der Waals surface area contributed by atoms with E-state index in [1.165, 1.54) is 48.5 Å². The summed E-state index contributed by atoms with van der Waals surface area (Å²) in [6.45, 7) is 4.19. The molecule has 0 aliphatic carbocycles. The van der Waals surface area contributed by atoms with E-state index in [2.05, 4.69) is 61.0 Å². The first-order valence-electron chi connectivity index (χ1n) is 20.8. The molecule has 0 aliphatic heterocycles. The van der Waals surface area contributed by atoms with Crippen molar-refractivity contribution in [2.24, 2.45) is 20.5 Å². The first-order chi connectivity index (χ1) is 34.3. The molecule has 30 heteroatoms. The Labute approximate surface area is 485 Å². The number of nitrogens with zero attached hydrogens (tertiary/aromatic N) is 10. The third-order valence-electron chi connectivity index (χ3n) is 9.98. The van der Waals surface area contributed by atoms with Crippen LogP contribution in [-0.2, 0) is 20.2 Å². The molecule has 0 atom stereocenters. The van der Waals surface area contributed by atoms with Crippen molar-refractivity contribution >= 4 is 134 Å². The van der Waals surface area contributed by atoms with E-state index in [4.69, 9.17) is 55.9 Å². The summed E-state index contributed by atoms with van der Waals surface area (Å²) in [6, 6.07) is 20.3. The van der Waals surface area contributed by atoms with E-state index in [1.54, 1.807) is 24.3 Å². The Balaban J connectivity index is 0.00000446. The maximum atomic E-state index is 13.8. The average Bonchev–Trinajstić information content (AvgIpc) is 3.31. The van der Waals surface area contributed by atoms with Crippen LogP contribution in [0.15, 0.2) is 115 Å². The molecule has 0 unspecified atom stereocenters. The molecule has 8 rings (SSSR count). The molecule has 370 valence electrons. The van der Waals surface area contributed by atoms with Gasteiger partial charge in [0, 0.05) is 11.4 Å². The third-order valence-corrected chi connectivity index (χ3v) is 12.4. The van der Waals surface area contributed by atoms with E-state index in [0.717, 1.165) is 12.1 Å². The molecule has 74 heavy (non-hydrogen) atoms. The van der Waals surface area contributed by atoms with Gasteiger partial charge in [0.2, 0.25) is 33.0 Å². The predicted octanol–water partition coefficient (Wildman–Crippen LogP) is 5.19. The fraction of sp³-hybridized carbons (Fsp3) is 0.136. The minimum atomic E-state index is -5.04. The van der Waals surface area contributed by atoms with Gasteiger partial charge in [-0.2, -0.15) is 46.7 Å². The van der Waals surface area contributed by atoms with Gasteiger partial charge < -0.3 is 30.3 Å². The van der Waals surface area contributed by atoms with Crippen LogP contribution in [0, 0.1) is 0 Å². The molecule has 8 aromatic rings. The van der Waals surface area contributed by atoms with Crippen LogP contribution < -0.4 is 89.4 Å². The fourth-order valence-electron chi connectivity index (χ4n) is 6.85. The van der Waals surface area contributed by atoms with Crippen molar-refractivity contribution < 1.29 is 105 Å². The number of nitrogens with one attached hydrogen (secondary N) is 2. The molecule has 2 heterocycles. The topological polar surface area (TPSA) is 324 Å².